The predicted molar refractivity (Wildman–Crippen MR) is 77.3 cm³/mol. The average molecular weight is 295 g/mol. The fraction of sp³-hybridized carbons (Fsp3) is 0.385. The number of amides is 1. The monoisotopic (exact) mass is 295 g/mol. The Morgan fingerprint density at radius 2 is 2.10 bits per heavy atom. The average Bonchev–Trinajstić information content (AvgIpc) is 2.71. The second-order valence-corrected chi connectivity index (χ2v) is 7.69. The minimum atomic E-state index is -3.18. The Labute approximate surface area is 117 Å². The summed E-state index contributed by atoms with van der Waals surface area (Å²) in [7, 11) is -3.18. The van der Waals surface area contributed by atoms with Crippen molar-refractivity contribution in [2.24, 2.45) is 0 Å². The Hall–Kier alpha value is -1.89. The summed E-state index contributed by atoms with van der Waals surface area (Å²) in [5.74, 6) is -0.446. The topological polar surface area (TPSA) is 91.9 Å². The molecule has 2 N–H and O–H groups in total. The van der Waals surface area contributed by atoms with Gasteiger partial charge >= 0.3 is 0 Å². The van der Waals surface area contributed by atoms with Crippen molar-refractivity contribution in [1.82, 2.24) is 15.5 Å². The molecule has 1 aromatic heterocycles. The summed E-state index contributed by atoms with van der Waals surface area (Å²) in [5.41, 5.74) is 0.245. The molecule has 1 heterocycles. The van der Waals surface area contributed by atoms with E-state index in [0.29, 0.717) is 11.1 Å². The molecule has 0 bridgehead atoms. The molecule has 0 aliphatic carbocycles. The lowest BCUT2D eigenvalue weighted by Gasteiger charge is -2.25. The van der Waals surface area contributed by atoms with Crippen LogP contribution in [0.25, 0.3) is 10.9 Å². The summed E-state index contributed by atoms with van der Waals surface area (Å²) in [6.07, 6.45) is 2.78. The lowest BCUT2D eigenvalue weighted by Crippen LogP contribution is -2.48. The van der Waals surface area contributed by atoms with Crippen LogP contribution in [0.4, 0.5) is 0 Å². The lowest BCUT2D eigenvalue weighted by atomic mass is 10.1. The summed E-state index contributed by atoms with van der Waals surface area (Å²) in [4.78, 5) is 12.3. The van der Waals surface area contributed by atoms with Crippen molar-refractivity contribution in [3.63, 3.8) is 0 Å². The van der Waals surface area contributed by atoms with Crippen LogP contribution < -0.4 is 5.32 Å². The number of hydrogen-bond donors (Lipinski definition) is 2. The van der Waals surface area contributed by atoms with Gasteiger partial charge in [0, 0.05) is 17.2 Å². The molecule has 0 radical (unpaired) electrons. The number of nitrogens with one attached hydrogen (secondary N) is 2. The van der Waals surface area contributed by atoms with Gasteiger partial charge in [0.05, 0.1) is 23.0 Å². The Bertz CT molecular complexity index is 747. The molecule has 0 saturated heterocycles. The summed E-state index contributed by atoms with van der Waals surface area (Å²) in [6, 6.07) is 5.28. The van der Waals surface area contributed by atoms with Crippen LogP contribution in [0.15, 0.2) is 24.4 Å². The van der Waals surface area contributed by atoms with Crippen LogP contribution >= 0.6 is 0 Å². The molecule has 2 aromatic rings. The highest BCUT2D eigenvalue weighted by Gasteiger charge is 2.26. The highest BCUT2D eigenvalue weighted by atomic mass is 32.2. The number of benzene rings is 1. The second-order valence-electron chi connectivity index (χ2n) is 5.55. The molecule has 0 aliphatic rings. The van der Waals surface area contributed by atoms with Gasteiger partial charge in [0.25, 0.3) is 5.91 Å². The van der Waals surface area contributed by atoms with Crippen LogP contribution in [0.2, 0.25) is 0 Å². The Morgan fingerprint density at radius 3 is 2.75 bits per heavy atom. The lowest BCUT2D eigenvalue weighted by molar-refractivity contribution is 0.0922. The van der Waals surface area contributed by atoms with Crippen LogP contribution in [-0.4, -0.2) is 42.1 Å². The van der Waals surface area contributed by atoms with Gasteiger partial charge in [-0.1, -0.05) is 12.1 Å². The second kappa shape index (κ2) is 4.90. The predicted octanol–water partition coefficient (Wildman–Crippen LogP) is 1.12. The highest BCUT2D eigenvalue weighted by Crippen LogP contribution is 2.17. The van der Waals surface area contributed by atoms with Gasteiger partial charge in [-0.2, -0.15) is 5.10 Å². The van der Waals surface area contributed by atoms with Crippen molar-refractivity contribution in [3.05, 3.63) is 30.0 Å². The van der Waals surface area contributed by atoms with Crippen molar-refractivity contribution in [1.29, 1.82) is 0 Å². The van der Waals surface area contributed by atoms with Crippen LogP contribution in [-0.2, 0) is 9.84 Å². The Balaban J connectivity index is 2.26. The molecular formula is C13H17N3O3S. The summed E-state index contributed by atoms with van der Waals surface area (Å²) in [5, 5.41) is 10.3. The van der Waals surface area contributed by atoms with E-state index in [1.807, 2.05) is 6.07 Å². The molecule has 1 amide bonds. The van der Waals surface area contributed by atoms with Gasteiger partial charge < -0.3 is 5.32 Å². The highest BCUT2D eigenvalue weighted by molar-refractivity contribution is 7.90. The van der Waals surface area contributed by atoms with E-state index < -0.39 is 15.4 Å². The van der Waals surface area contributed by atoms with E-state index in [4.69, 9.17) is 0 Å². The quantitative estimate of drug-likeness (QED) is 0.884. The fourth-order valence-corrected chi connectivity index (χ4v) is 3.61. The number of rotatable bonds is 4. The minimum absolute atomic E-state index is 0.120. The smallest absolute Gasteiger partial charge is 0.253 e. The number of carbonyl (C=O) groups is 1. The van der Waals surface area contributed by atoms with Crippen molar-refractivity contribution < 1.29 is 13.2 Å². The standard InChI is InChI=1S/C13H17N3O3S/c1-13(2,8-20(3,18)19)15-12(17)10-6-4-5-9-7-14-16-11(9)10/h4-7H,8H2,1-3H3,(H,14,16)(H,15,17). The van der Waals surface area contributed by atoms with E-state index >= 15 is 0 Å². The van der Waals surface area contributed by atoms with Crippen molar-refractivity contribution >= 4 is 26.6 Å². The molecule has 108 valence electrons. The minimum Gasteiger partial charge on any atom is -0.346 e. The zero-order valence-electron chi connectivity index (χ0n) is 11.6. The maximum atomic E-state index is 12.3. The zero-order valence-corrected chi connectivity index (χ0v) is 12.4. The Kier molecular flexibility index (Phi) is 3.56. The first-order chi connectivity index (χ1) is 9.18. The number of hydrogen-bond acceptors (Lipinski definition) is 4. The van der Waals surface area contributed by atoms with Crippen LogP contribution in [0.1, 0.15) is 24.2 Å². The largest absolute Gasteiger partial charge is 0.346 e. The first kappa shape index (κ1) is 14.5. The Morgan fingerprint density at radius 1 is 1.40 bits per heavy atom. The van der Waals surface area contributed by atoms with Crippen molar-refractivity contribution in [3.8, 4) is 0 Å². The molecule has 0 atom stereocenters. The molecule has 7 heteroatoms. The van der Waals surface area contributed by atoms with Gasteiger partial charge in [0.2, 0.25) is 0 Å². The van der Waals surface area contributed by atoms with Gasteiger partial charge in [-0.25, -0.2) is 8.42 Å². The van der Waals surface area contributed by atoms with E-state index in [0.717, 1.165) is 11.6 Å². The van der Waals surface area contributed by atoms with Crippen molar-refractivity contribution in [2.45, 2.75) is 19.4 Å². The first-order valence-corrected chi connectivity index (χ1v) is 8.16. The molecule has 0 fully saturated rings. The van der Waals surface area contributed by atoms with Crippen LogP contribution in [0, 0.1) is 0 Å². The number of sulfone groups is 1. The number of aromatic amines is 1. The van der Waals surface area contributed by atoms with Gasteiger partial charge in [-0.05, 0) is 19.9 Å². The number of fused-ring (bicyclic) bond motifs is 1. The summed E-state index contributed by atoms with van der Waals surface area (Å²) < 4.78 is 22.7. The molecule has 20 heavy (non-hydrogen) atoms. The fourth-order valence-electron chi connectivity index (χ4n) is 2.22. The van der Waals surface area contributed by atoms with E-state index in [9.17, 15) is 13.2 Å². The maximum Gasteiger partial charge on any atom is 0.253 e. The summed E-state index contributed by atoms with van der Waals surface area (Å²) >= 11 is 0. The number of nitrogens with zero attached hydrogens (tertiary/aromatic N) is 1. The zero-order chi connectivity index (χ0) is 15.0. The number of H-pyrrole nitrogens is 1. The summed E-state index contributed by atoms with van der Waals surface area (Å²) in [6.45, 7) is 3.36. The third-order valence-corrected chi connectivity index (χ3v) is 4.04. The molecule has 0 aliphatic heterocycles. The SMILES string of the molecule is CC(C)(CS(C)(=O)=O)NC(=O)c1cccc2cn[nH]c12. The maximum absolute atomic E-state index is 12.3. The van der Waals surface area contributed by atoms with Gasteiger partial charge in [0.1, 0.15) is 9.84 Å². The molecule has 0 saturated carbocycles. The molecule has 0 spiro atoms. The van der Waals surface area contributed by atoms with E-state index in [2.05, 4.69) is 15.5 Å². The molecule has 0 unspecified atom stereocenters. The third-order valence-electron chi connectivity index (χ3n) is 2.80. The molecular weight excluding hydrogens is 278 g/mol. The van der Waals surface area contributed by atoms with E-state index in [-0.39, 0.29) is 11.7 Å². The first-order valence-electron chi connectivity index (χ1n) is 6.10. The number of carbonyl (C=O) groups excluding carboxylic acids is 1. The van der Waals surface area contributed by atoms with E-state index in [1.165, 1.54) is 0 Å². The molecule has 6 nitrogen and oxygen atoms in total. The molecule has 1 aromatic carbocycles. The third kappa shape index (κ3) is 3.36. The van der Waals surface area contributed by atoms with E-state index in [1.54, 1.807) is 32.2 Å². The number of para-hydroxylation sites is 1. The van der Waals surface area contributed by atoms with Crippen molar-refractivity contribution in [2.75, 3.05) is 12.0 Å². The van der Waals surface area contributed by atoms with Gasteiger partial charge in [-0.15, -0.1) is 0 Å². The van der Waals surface area contributed by atoms with Gasteiger partial charge in [-0.3, -0.25) is 9.89 Å². The van der Waals surface area contributed by atoms with Crippen LogP contribution in [0.3, 0.4) is 0 Å². The van der Waals surface area contributed by atoms with Gasteiger partial charge in [0.15, 0.2) is 0 Å². The molecule has 2 rings (SSSR count). The number of aromatic nitrogens is 2. The normalized spacial score (nSPS) is 12.6. The van der Waals surface area contributed by atoms with Crippen LogP contribution in [0.5, 0.6) is 0 Å².